The molecule has 0 fully saturated rings. The molecule has 3 aromatic carbocycles. The van der Waals surface area contributed by atoms with E-state index in [1.807, 2.05) is 24.3 Å². The van der Waals surface area contributed by atoms with E-state index in [0.717, 1.165) is 25.7 Å². The van der Waals surface area contributed by atoms with E-state index in [0.29, 0.717) is 28.6 Å². The molecule has 1 aromatic heterocycles. The van der Waals surface area contributed by atoms with Crippen LogP contribution in [0, 0.1) is 25.0 Å². The number of ether oxygens (including phenoxy) is 3. The van der Waals surface area contributed by atoms with Crippen LogP contribution in [-0.4, -0.2) is 29.1 Å². The molecule has 0 spiro atoms. The van der Waals surface area contributed by atoms with Gasteiger partial charge in [-0.25, -0.2) is 4.98 Å². The van der Waals surface area contributed by atoms with Crippen molar-refractivity contribution in [3.8, 4) is 23.3 Å². The molecule has 10 heteroatoms. The van der Waals surface area contributed by atoms with Crippen LogP contribution in [0.2, 0.25) is 0 Å². The van der Waals surface area contributed by atoms with E-state index in [9.17, 15) is 15.4 Å². The Morgan fingerprint density at radius 1 is 1.17 bits per heavy atom. The number of aromatic nitrogens is 2. The lowest BCUT2D eigenvalue weighted by molar-refractivity contribution is -0.384. The van der Waals surface area contributed by atoms with Gasteiger partial charge in [-0.3, -0.25) is 10.1 Å². The molecular weight excluding hydrogens is 563 g/mol. The molecule has 0 radical (unpaired) electrons. The molecule has 0 saturated heterocycles. The Morgan fingerprint density at radius 3 is 2.60 bits per heavy atom. The number of hydrogen-bond acceptors (Lipinski definition) is 7. The summed E-state index contributed by atoms with van der Waals surface area (Å²) in [6, 6.07) is 17.5. The molecule has 4 rings (SSSR count). The fraction of sp³-hybridized carbons (Fsp3) is 0.120. The van der Waals surface area contributed by atoms with Gasteiger partial charge in [0.25, 0.3) is 5.69 Å². The van der Waals surface area contributed by atoms with Gasteiger partial charge >= 0.3 is 0 Å². The highest BCUT2D eigenvalue weighted by Crippen LogP contribution is 2.36. The Balaban J connectivity index is 1.60. The minimum atomic E-state index is -0.444. The second-order valence-electron chi connectivity index (χ2n) is 7.38. The standard InChI is InChI=1S/C25H19IN4O5/c1-33-19-7-8-21-22(12-19)29-25(28-21)17(13-27)9-16-10-20(26)24(23(11-16)34-2)35-14-15-3-5-18(6-4-15)30(31)32/h3-12H,14H2,1-2H3,(H,28,29)/b17-9-. The number of nitriles is 1. The Morgan fingerprint density at radius 2 is 1.94 bits per heavy atom. The number of imidazole rings is 1. The number of benzene rings is 3. The maximum absolute atomic E-state index is 10.8. The molecule has 0 atom stereocenters. The van der Waals surface area contributed by atoms with Gasteiger partial charge in [-0.1, -0.05) is 0 Å². The van der Waals surface area contributed by atoms with Crippen molar-refractivity contribution in [1.29, 1.82) is 5.26 Å². The van der Waals surface area contributed by atoms with Crippen molar-refractivity contribution in [3.63, 3.8) is 0 Å². The Labute approximate surface area is 214 Å². The number of aromatic amines is 1. The van der Waals surface area contributed by atoms with E-state index in [1.165, 1.54) is 19.2 Å². The number of nitro groups is 1. The van der Waals surface area contributed by atoms with Crippen LogP contribution >= 0.6 is 22.6 Å². The van der Waals surface area contributed by atoms with Gasteiger partial charge in [0.1, 0.15) is 24.3 Å². The van der Waals surface area contributed by atoms with Crippen molar-refractivity contribution in [2.75, 3.05) is 14.2 Å². The van der Waals surface area contributed by atoms with E-state index in [-0.39, 0.29) is 12.3 Å². The second kappa shape index (κ2) is 10.4. The summed E-state index contributed by atoms with van der Waals surface area (Å²) in [7, 11) is 3.13. The first-order valence-electron chi connectivity index (χ1n) is 10.3. The number of fused-ring (bicyclic) bond motifs is 1. The van der Waals surface area contributed by atoms with Gasteiger partial charge in [0.15, 0.2) is 11.5 Å². The maximum atomic E-state index is 10.8. The van der Waals surface area contributed by atoms with E-state index >= 15 is 0 Å². The molecule has 0 bridgehead atoms. The molecule has 0 aliphatic rings. The van der Waals surface area contributed by atoms with Gasteiger partial charge in [-0.05, 0) is 76.2 Å². The van der Waals surface area contributed by atoms with Crippen LogP contribution in [-0.2, 0) is 6.61 Å². The molecule has 0 amide bonds. The zero-order valence-electron chi connectivity index (χ0n) is 18.7. The highest BCUT2D eigenvalue weighted by Gasteiger charge is 2.14. The van der Waals surface area contributed by atoms with Crippen LogP contribution in [0.4, 0.5) is 5.69 Å². The lowest BCUT2D eigenvalue weighted by atomic mass is 10.1. The van der Waals surface area contributed by atoms with Crippen LogP contribution in [0.15, 0.2) is 54.6 Å². The zero-order valence-corrected chi connectivity index (χ0v) is 20.9. The average molecular weight is 582 g/mol. The van der Waals surface area contributed by atoms with Crippen LogP contribution in [0.3, 0.4) is 0 Å². The quantitative estimate of drug-likeness (QED) is 0.122. The van der Waals surface area contributed by atoms with Crippen LogP contribution in [0.1, 0.15) is 17.0 Å². The van der Waals surface area contributed by atoms with Gasteiger partial charge in [0.2, 0.25) is 0 Å². The van der Waals surface area contributed by atoms with Crippen molar-refractivity contribution in [1.82, 2.24) is 9.97 Å². The summed E-state index contributed by atoms with van der Waals surface area (Å²) in [4.78, 5) is 18.1. The van der Waals surface area contributed by atoms with Gasteiger partial charge in [-0.15, -0.1) is 0 Å². The molecule has 0 aliphatic carbocycles. The Bertz CT molecular complexity index is 1470. The fourth-order valence-corrected chi connectivity index (χ4v) is 4.18. The maximum Gasteiger partial charge on any atom is 0.269 e. The number of hydrogen-bond donors (Lipinski definition) is 1. The first-order valence-corrected chi connectivity index (χ1v) is 11.4. The van der Waals surface area contributed by atoms with Crippen molar-refractivity contribution in [2.45, 2.75) is 6.61 Å². The third-order valence-corrected chi connectivity index (χ3v) is 5.96. The summed E-state index contributed by atoms with van der Waals surface area (Å²) >= 11 is 2.14. The molecule has 1 N–H and O–H groups in total. The number of nitrogens with one attached hydrogen (secondary N) is 1. The Hall–Kier alpha value is -4.11. The first kappa shape index (κ1) is 24.0. The number of allylic oxidation sites excluding steroid dienone is 1. The number of H-pyrrole nitrogens is 1. The predicted molar refractivity (Wildman–Crippen MR) is 139 cm³/mol. The third-order valence-electron chi connectivity index (χ3n) is 5.16. The van der Waals surface area contributed by atoms with Crippen molar-refractivity contribution < 1.29 is 19.1 Å². The Kier molecular flexibility index (Phi) is 7.17. The fourth-order valence-electron chi connectivity index (χ4n) is 3.40. The summed E-state index contributed by atoms with van der Waals surface area (Å²) in [6.45, 7) is 0.214. The smallest absolute Gasteiger partial charge is 0.269 e. The lowest BCUT2D eigenvalue weighted by Gasteiger charge is -2.14. The predicted octanol–water partition coefficient (Wildman–Crippen LogP) is 5.74. The van der Waals surface area contributed by atoms with Crippen molar-refractivity contribution >= 4 is 51.0 Å². The third kappa shape index (κ3) is 5.36. The van der Waals surface area contributed by atoms with Gasteiger partial charge in [-0.2, -0.15) is 5.26 Å². The number of halogens is 1. The van der Waals surface area contributed by atoms with Crippen molar-refractivity contribution in [2.24, 2.45) is 0 Å². The van der Waals surface area contributed by atoms with E-state index < -0.39 is 4.92 Å². The van der Waals surface area contributed by atoms with E-state index in [4.69, 9.17) is 14.2 Å². The van der Waals surface area contributed by atoms with Crippen molar-refractivity contribution in [3.05, 3.63) is 85.2 Å². The van der Waals surface area contributed by atoms with Crippen LogP contribution in [0.25, 0.3) is 22.7 Å². The largest absolute Gasteiger partial charge is 0.497 e. The van der Waals surface area contributed by atoms with E-state index in [2.05, 4.69) is 38.6 Å². The summed E-state index contributed by atoms with van der Waals surface area (Å²) in [6.07, 6.45) is 1.72. The topological polar surface area (TPSA) is 123 Å². The van der Waals surface area contributed by atoms with E-state index in [1.54, 1.807) is 31.4 Å². The first-order chi connectivity index (χ1) is 16.9. The number of non-ortho nitro benzene ring substituents is 1. The van der Waals surface area contributed by atoms with Gasteiger partial charge in [0, 0.05) is 18.2 Å². The SMILES string of the molecule is COc1ccc2nc(/C(C#N)=C\c3cc(I)c(OCc4ccc([N+](=O)[O-])cc4)c(OC)c3)[nH]c2c1. The normalized spacial score (nSPS) is 11.2. The molecule has 1 heterocycles. The number of methoxy groups -OCH3 is 2. The second-order valence-corrected chi connectivity index (χ2v) is 8.55. The molecule has 0 saturated carbocycles. The number of nitrogens with zero attached hydrogens (tertiary/aromatic N) is 3. The number of rotatable bonds is 8. The minimum Gasteiger partial charge on any atom is -0.497 e. The summed E-state index contributed by atoms with van der Waals surface area (Å²) in [5, 5.41) is 20.6. The minimum absolute atomic E-state index is 0.0222. The summed E-state index contributed by atoms with van der Waals surface area (Å²) in [5.41, 5.74) is 3.40. The summed E-state index contributed by atoms with van der Waals surface area (Å²) in [5.74, 6) is 2.18. The van der Waals surface area contributed by atoms with Crippen LogP contribution in [0.5, 0.6) is 17.2 Å². The van der Waals surface area contributed by atoms with Gasteiger partial charge < -0.3 is 19.2 Å². The molecular formula is C25H19IN4O5. The van der Waals surface area contributed by atoms with Gasteiger partial charge in [0.05, 0.1) is 39.3 Å². The average Bonchev–Trinajstić information content (AvgIpc) is 3.29. The summed E-state index contributed by atoms with van der Waals surface area (Å²) < 4.78 is 17.5. The number of nitro benzene ring substituents is 1. The highest BCUT2D eigenvalue weighted by atomic mass is 127. The zero-order chi connectivity index (χ0) is 24.9. The molecule has 0 aliphatic heterocycles. The molecule has 0 unspecified atom stereocenters. The lowest BCUT2D eigenvalue weighted by Crippen LogP contribution is -2.00. The molecule has 176 valence electrons. The highest BCUT2D eigenvalue weighted by molar-refractivity contribution is 14.1. The molecule has 4 aromatic rings. The monoisotopic (exact) mass is 582 g/mol. The molecule has 9 nitrogen and oxygen atoms in total. The van der Waals surface area contributed by atoms with Crippen LogP contribution < -0.4 is 14.2 Å². The molecule has 35 heavy (non-hydrogen) atoms.